The van der Waals surface area contributed by atoms with Gasteiger partial charge in [-0.1, -0.05) is 6.07 Å². The Morgan fingerprint density at radius 1 is 1.12 bits per heavy atom. The van der Waals surface area contributed by atoms with E-state index in [1.165, 1.54) is 19.2 Å². The summed E-state index contributed by atoms with van der Waals surface area (Å²) in [6, 6.07) is 9.86. The number of rotatable bonds is 7. The molecule has 0 radical (unpaired) electrons. The minimum Gasteiger partial charge on any atom is -0.496 e. The molecular formula is C24H25FN6O2. The van der Waals surface area contributed by atoms with E-state index in [4.69, 9.17) is 4.74 Å². The Labute approximate surface area is 191 Å². The van der Waals surface area contributed by atoms with Crippen molar-refractivity contribution in [2.45, 2.75) is 33.4 Å². The zero-order valence-corrected chi connectivity index (χ0v) is 18.9. The highest BCUT2D eigenvalue weighted by Crippen LogP contribution is 2.29. The van der Waals surface area contributed by atoms with Crippen molar-refractivity contribution in [3.05, 3.63) is 77.3 Å². The number of nitrogens with one attached hydrogen (secondary N) is 1. The van der Waals surface area contributed by atoms with Gasteiger partial charge in [-0.05, 0) is 50.6 Å². The van der Waals surface area contributed by atoms with Gasteiger partial charge in [0.1, 0.15) is 17.3 Å². The molecule has 0 aliphatic rings. The molecule has 0 bridgehead atoms. The van der Waals surface area contributed by atoms with E-state index < -0.39 is 0 Å². The summed E-state index contributed by atoms with van der Waals surface area (Å²) >= 11 is 0. The van der Waals surface area contributed by atoms with Gasteiger partial charge in [0.25, 0.3) is 0 Å². The Morgan fingerprint density at radius 2 is 1.94 bits per heavy atom. The number of aryl methyl sites for hydroxylation is 2. The van der Waals surface area contributed by atoms with Crippen LogP contribution in [0.15, 0.2) is 48.9 Å². The molecule has 0 fully saturated rings. The van der Waals surface area contributed by atoms with Crippen LogP contribution in [-0.2, 0) is 6.61 Å². The first-order valence-corrected chi connectivity index (χ1v) is 10.5. The summed E-state index contributed by atoms with van der Waals surface area (Å²) in [7, 11) is 1.51. The van der Waals surface area contributed by atoms with Crippen molar-refractivity contribution >= 4 is 5.82 Å². The van der Waals surface area contributed by atoms with Gasteiger partial charge in [-0.2, -0.15) is 0 Å². The van der Waals surface area contributed by atoms with Crippen molar-refractivity contribution in [3.63, 3.8) is 0 Å². The summed E-state index contributed by atoms with van der Waals surface area (Å²) in [4.78, 5) is 8.81. The summed E-state index contributed by atoms with van der Waals surface area (Å²) < 4.78 is 20.7. The molecule has 1 aromatic carbocycles. The van der Waals surface area contributed by atoms with Crippen molar-refractivity contribution in [1.82, 2.24) is 24.7 Å². The molecule has 0 amide bonds. The van der Waals surface area contributed by atoms with Crippen LogP contribution in [0.2, 0.25) is 0 Å². The minimum atomic E-state index is -0.355. The summed E-state index contributed by atoms with van der Waals surface area (Å²) in [6.45, 7) is 5.54. The van der Waals surface area contributed by atoms with Crippen molar-refractivity contribution in [2.75, 3.05) is 12.4 Å². The van der Waals surface area contributed by atoms with E-state index >= 15 is 0 Å². The Bertz CT molecular complexity index is 1290. The molecule has 8 nitrogen and oxygen atoms in total. The fraction of sp³-hybridized carbons (Fsp3) is 0.250. The van der Waals surface area contributed by atoms with Gasteiger partial charge < -0.3 is 19.7 Å². The van der Waals surface area contributed by atoms with Crippen LogP contribution < -0.4 is 10.1 Å². The SMILES string of the molecule is COc1cc(F)ccc1[C@H](C)Nc1nnc(-c2ccc(-n3cnc(C)c3)c(CO)n2)cc1C. The zero-order valence-electron chi connectivity index (χ0n) is 18.9. The van der Waals surface area contributed by atoms with Crippen LogP contribution in [-0.4, -0.2) is 36.9 Å². The Balaban J connectivity index is 1.59. The van der Waals surface area contributed by atoms with E-state index in [0.717, 1.165) is 22.5 Å². The molecule has 0 aliphatic heterocycles. The maximum absolute atomic E-state index is 13.5. The van der Waals surface area contributed by atoms with Crippen LogP contribution in [0.3, 0.4) is 0 Å². The van der Waals surface area contributed by atoms with Gasteiger partial charge in [-0.25, -0.2) is 14.4 Å². The number of methoxy groups -OCH3 is 1. The molecular weight excluding hydrogens is 423 g/mol. The van der Waals surface area contributed by atoms with E-state index in [-0.39, 0.29) is 18.5 Å². The Hall–Kier alpha value is -3.85. The maximum Gasteiger partial charge on any atom is 0.152 e. The van der Waals surface area contributed by atoms with Crippen molar-refractivity contribution < 1.29 is 14.2 Å². The molecule has 170 valence electrons. The van der Waals surface area contributed by atoms with Crippen LogP contribution in [0, 0.1) is 19.7 Å². The summed E-state index contributed by atoms with van der Waals surface area (Å²) in [5.74, 6) is 0.712. The third-order valence-corrected chi connectivity index (χ3v) is 5.35. The lowest BCUT2D eigenvalue weighted by Gasteiger charge is -2.19. The number of halogens is 1. The quantitative estimate of drug-likeness (QED) is 0.438. The smallest absolute Gasteiger partial charge is 0.152 e. The van der Waals surface area contributed by atoms with Gasteiger partial charge in [-0.3, -0.25) is 0 Å². The first-order chi connectivity index (χ1) is 15.9. The van der Waals surface area contributed by atoms with E-state index in [2.05, 4.69) is 25.5 Å². The summed E-state index contributed by atoms with van der Waals surface area (Å²) in [6.07, 6.45) is 3.56. The zero-order chi connectivity index (χ0) is 23.5. The van der Waals surface area contributed by atoms with E-state index in [9.17, 15) is 9.50 Å². The number of nitrogens with zero attached hydrogens (tertiary/aromatic N) is 5. The molecule has 0 saturated carbocycles. The normalized spacial score (nSPS) is 11.9. The van der Waals surface area contributed by atoms with Gasteiger partial charge in [-0.15, -0.1) is 10.2 Å². The predicted molar refractivity (Wildman–Crippen MR) is 123 cm³/mol. The number of hydrogen-bond acceptors (Lipinski definition) is 7. The second-order valence-electron chi connectivity index (χ2n) is 7.76. The third kappa shape index (κ3) is 4.68. The Morgan fingerprint density at radius 3 is 2.61 bits per heavy atom. The van der Waals surface area contributed by atoms with Gasteiger partial charge in [0, 0.05) is 17.8 Å². The highest BCUT2D eigenvalue weighted by Gasteiger charge is 2.16. The lowest BCUT2D eigenvalue weighted by atomic mass is 10.1. The highest BCUT2D eigenvalue weighted by molar-refractivity contribution is 5.60. The molecule has 0 spiro atoms. The van der Waals surface area contributed by atoms with Gasteiger partial charge in [0.2, 0.25) is 0 Å². The summed E-state index contributed by atoms with van der Waals surface area (Å²) in [5.41, 5.74) is 5.03. The van der Waals surface area contributed by atoms with E-state index in [1.54, 1.807) is 12.4 Å². The maximum atomic E-state index is 13.5. The number of ether oxygens (including phenoxy) is 1. The molecule has 33 heavy (non-hydrogen) atoms. The third-order valence-electron chi connectivity index (χ3n) is 5.35. The number of pyridine rings is 1. The standard InChI is InChI=1S/C24H25FN6O2/c1-14-9-20(19-7-8-22(21(12-32)28-19)31-11-15(2)26-13-31)29-30-24(14)27-16(3)18-6-5-17(25)10-23(18)33-4/h5-11,13,16,32H,12H2,1-4H3,(H,27,30)/t16-/m0/s1. The van der Waals surface area contributed by atoms with Crippen molar-refractivity contribution in [2.24, 2.45) is 0 Å². The lowest BCUT2D eigenvalue weighted by Crippen LogP contribution is -2.11. The van der Waals surface area contributed by atoms with Gasteiger partial charge in [0.05, 0.1) is 48.9 Å². The highest BCUT2D eigenvalue weighted by atomic mass is 19.1. The molecule has 0 saturated heterocycles. The molecule has 3 heterocycles. The van der Waals surface area contributed by atoms with Crippen LogP contribution in [0.5, 0.6) is 5.75 Å². The van der Waals surface area contributed by atoms with Gasteiger partial charge in [0.15, 0.2) is 5.82 Å². The number of aliphatic hydroxyl groups is 1. The largest absolute Gasteiger partial charge is 0.496 e. The molecule has 1 atom stereocenters. The minimum absolute atomic E-state index is 0.184. The average Bonchev–Trinajstić information content (AvgIpc) is 3.25. The fourth-order valence-electron chi connectivity index (χ4n) is 3.62. The second kappa shape index (κ2) is 9.33. The molecule has 9 heteroatoms. The number of benzene rings is 1. The van der Waals surface area contributed by atoms with Crippen LogP contribution >= 0.6 is 0 Å². The van der Waals surface area contributed by atoms with Gasteiger partial charge >= 0.3 is 0 Å². The first kappa shape index (κ1) is 22.3. The first-order valence-electron chi connectivity index (χ1n) is 10.5. The number of hydrogen-bond donors (Lipinski definition) is 2. The molecule has 0 aliphatic carbocycles. The molecule has 4 rings (SSSR count). The molecule has 0 unspecified atom stereocenters. The van der Waals surface area contributed by atoms with Crippen molar-refractivity contribution in [3.8, 4) is 22.8 Å². The fourth-order valence-corrected chi connectivity index (χ4v) is 3.62. The number of aliphatic hydroxyl groups excluding tert-OH is 1. The monoisotopic (exact) mass is 448 g/mol. The molecule has 4 aromatic rings. The number of aromatic nitrogens is 5. The predicted octanol–water partition coefficient (Wildman–Crippen LogP) is 4.15. The van der Waals surface area contributed by atoms with Crippen LogP contribution in [0.4, 0.5) is 10.2 Å². The molecule has 2 N–H and O–H groups in total. The number of imidazole rings is 1. The number of anilines is 1. The van der Waals surface area contributed by atoms with Crippen LogP contribution in [0.1, 0.15) is 35.5 Å². The van der Waals surface area contributed by atoms with Crippen molar-refractivity contribution in [1.29, 1.82) is 0 Å². The second-order valence-corrected chi connectivity index (χ2v) is 7.76. The topological polar surface area (TPSA) is 98.0 Å². The summed E-state index contributed by atoms with van der Waals surface area (Å²) in [5, 5.41) is 21.8. The van der Waals surface area contributed by atoms with E-state index in [1.807, 2.05) is 49.7 Å². The lowest BCUT2D eigenvalue weighted by molar-refractivity contribution is 0.276. The Kier molecular flexibility index (Phi) is 6.32. The molecule has 3 aromatic heterocycles. The van der Waals surface area contributed by atoms with E-state index in [0.29, 0.717) is 28.6 Å². The van der Waals surface area contributed by atoms with Crippen LogP contribution in [0.25, 0.3) is 17.1 Å². The average molecular weight is 449 g/mol.